The lowest BCUT2D eigenvalue weighted by Crippen LogP contribution is -2.46. The molecule has 2 amide bonds. The van der Waals surface area contributed by atoms with Crippen molar-refractivity contribution in [3.63, 3.8) is 0 Å². The summed E-state index contributed by atoms with van der Waals surface area (Å²) in [5, 5.41) is 10.7. The Bertz CT molecular complexity index is 995. The van der Waals surface area contributed by atoms with E-state index in [0.717, 1.165) is 0 Å². The Labute approximate surface area is 178 Å². The van der Waals surface area contributed by atoms with Gasteiger partial charge < -0.3 is 21.1 Å². The fourth-order valence-electron chi connectivity index (χ4n) is 4.14. The number of hydrogen-bond donors (Lipinski definition) is 2. The quantitative estimate of drug-likeness (QED) is 0.678. The molecule has 9 heteroatoms. The van der Waals surface area contributed by atoms with Crippen LogP contribution in [0.25, 0.3) is 0 Å². The molecule has 0 unspecified atom stereocenters. The molecule has 8 nitrogen and oxygen atoms in total. The summed E-state index contributed by atoms with van der Waals surface area (Å²) in [6.07, 6.45) is 3.82. The van der Waals surface area contributed by atoms with Crippen molar-refractivity contribution >= 4 is 29.4 Å². The number of carbonyl (C=O) groups is 3. The molecular formula is C21H21ClN4O4. The van der Waals surface area contributed by atoms with E-state index in [-0.39, 0.29) is 5.57 Å². The van der Waals surface area contributed by atoms with Crippen molar-refractivity contribution in [2.24, 2.45) is 16.9 Å². The van der Waals surface area contributed by atoms with Crippen LogP contribution in [-0.2, 0) is 19.1 Å². The second-order valence-electron chi connectivity index (χ2n) is 7.51. The van der Waals surface area contributed by atoms with Gasteiger partial charge in [-0.05, 0) is 37.6 Å². The Morgan fingerprint density at radius 1 is 1.23 bits per heavy atom. The Hall–Kier alpha value is -3.31. The van der Waals surface area contributed by atoms with Gasteiger partial charge in [-0.2, -0.15) is 5.26 Å². The Morgan fingerprint density at radius 2 is 1.87 bits per heavy atom. The zero-order valence-corrected chi connectivity index (χ0v) is 17.2. The van der Waals surface area contributed by atoms with Crippen LogP contribution < -0.4 is 11.5 Å². The molecule has 3 rings (SSSR count). The molecule has 2 aliphatic heterocycles. The molecule has 1 aromatic carbocycles. The zero-order chi connectivity index (χ0) is 22.2. The topological polar surface area (TPSA) is 140 Å². The molecule has 0 spiro atoms. The first-order valence-electron chi connectivity index (χ1n) is 9.27. The van der Waals surface area contributed by atoms with Crippen LogP contribution in [0, 0.1) is 16.7 Å². The Kier molecular flexibility index (Phi) is 5.59. The average Bonchev–Trinajstić information content (AvgIpc) is 2.98. The first-order valence-corrected chi connectivity index (χ1v) is 9.65. The van der Waals surface area contributed by atoms with Crippen molar-refractivity contribution in [1.29, 1.82) is 5.26 Å². The maximum Gasteiger partial charge on any atom is 0.329 e. The number of esters is 1. The van der Waals surface area contributed by atoms with Gasteiger partial charge in [0.1, 0.15) is 6.04 Å². The van der Waals surface area contributed by atoms with Crippen LogP contribution in [0.15, 0.2) is 48.2 Å². The maximum absolute atomic E-state index is 13.3. The maximum atomic E-state index is 13.3. The van der Waals surface area contributed by atoms with Crippen LogP contribution in [0.1, 0.15) is 25.3 Å². The van der Waals surface area contributed by atoms with Crippen LogP contribution in [0.5, 0.6) is 0 Å². The van der Waals surface area contributed by atoms with Crippen LogP contribution in [0.4, 0.5) is 0 Å². The monoisotopic (exact) mass is 428 g/mol. The van der Waals surface area contributed by atoms with Crippen LogP contribution in [-0.4, -0.2) is 40.9 Å². The SMILES string of the molecule is CC(C)OC(=O)[C@@]1(C#N)[C@@H]2C=CC(C(N)=O)=CN2[C@H](C(N)=O)[C@@H]1c1ccc(Cl)cc1. The summed E-state index contributed by atoms with van der Waals surface area (Å²) in [7, 11) is 0. The fourth-order valence-corrected chi connectivity index (χ4v) is 4.26. The predicted octanol–water partition coefficient (Wildman–Crippen LogP) is 1.36. The molecule has 2 heterocycles. The van der Waals surface area contributed by atoms with Gasteiger partial charge >= 0.3 is 5.97 Å². The summed E-state index contributed by atoms with van der Waals surface area (Å²) in [6, 6.07) is 6.60. The summed E-state index contributed by atoms with van der Waals surface area (Å²) >= 11 is 6.00. The van der Waals surface area contributed by atoms with E-state index < -0.39 is 47.3 Å². The Morgan fingerprint density at radius 3 is 2.37 bits per heavy atom. The number of primary amides is 2. The largest absolute Gasteiger partial charge is 0.462 e. The van der Waals surface area contributed by atoms with Gasteiger partial charge in [-0.1, -0.05) is 29.8 Å². The van der Waals surface area contributed by atoms with E-state index in [9.17, 15) is 19.6 Å². The summed E-state index contributed by atoms with van der Waals surface area (Å²) in [5.74, 6) is -3.22. The first kappa shape index (κ1) is 21.4. The lowest BCUT2D eigenvalue weighted by molar-refractivity contribution is -0.157. The molecule has 1 fully saturated rings. The number of amides is 2. The molecule has 0 aromatic heterocycles. The van der Waals surface area contributed by atoms with Crippen molar-refractivity contribution in [1.82, 2.24) is 4.90 Å². The van der Waals surface area contributed by atoms with Gasteiger partial charge in [-0.3, -0.25) is 14.4 Å². The van der Waals surface area contributed by atoms with E-state index in [2.05, 4.69) is 6.07 Å². The van der Waals surface area contributed by atoms with Gasteiger partial charge in [0.05, 0.1) is 23.8 Å². The highest BCUT2D eigenvalue weighted by molar-refractivity contribution is 6.30. The number of nitrogens with zero attached hydrogens (tertiary/aromatic N) is 2. The smallest absolute Gasteiger partial charge is 0.329 e. The third kappa shape index (κ3) is 3.31. The third-order valence-corrected chi connectivity index (χ3v) is 5.58. The second kappa shape index (κ2) is 7.84. The number of halogens is 1. The molecular weight excluding hydrogens is 408 g/mol. The number of rotatable bonds is 5. The minimum absolute atomic E-state index is 0.123. The number of carbonyl (C=O) groups excluding carboxylic acids is 3. The standard InChI is InChI=1S/C21H21ClN4O4/c1-11(2)30-20(29)21(10-23)15-8-5-13(18(24)27)9-26(15)17(19(25)28)16(21)12-3-6-14(22)7-4-12/h3-9,11,15-17H,1-2H3,(H2,24,27)(H2,25,28)/t15-,16-,17-,21-/m0/s1. The molecule has 0 bridgehead atoms. The number of nitrogens with two attached hydrogens (primary N) is 2. The van der Waals surface area contributed by atoms with E-state index >= 15 is 0 Å². The number of ether oxygens (including phenoxy) is 1. The van der Waals surface area contributed by atoms with Gasteiger partial charge in [0.2, 0.25) is 11.8 Å². The molecule has 1 aromatic rings. The van der Waals surface area contributed by atoms with E-state index in [1.165, 1.54) is 23.3 Å². The highest BCUT2D eigenvalue weighted by Gasteiger charge is 2.66. The van der Waals surface area contributed by atoms with Gasteiger partial charge in [0.15, 0.2) is 5.41 Å². The zero-order valence-electron chi connectivity index (χ0n) is 16.4. The molecule has 2 aliphatic rings. The normalized spacial score (nSPS) is 27.2. The van der Waals surface area contributed by atoms with Crippen molar-refractivity contribution in [2.45, 2.75) is 38.0 Å². The van der Waals surface area contributed by atoms with Crippen molar-refractivity contribution in [3.8, 4) is 6.07 Å². The summed E-state index contributed by atoms with van der Waals surface area (Å²) in [5.41, 5.74) is 9.95. The highest BCUT2D eigenvalue weighted by Crippen LogP contribution is 2.53. The predicted molar refractivity (Wildman–Crippen MR) is 108 cm³/mol. The summed E-state index contributed by atoms with van der Waals surface area (Å²) in [4.78, 5) is 39.0. The number of nitriles is 1. The summed E-state index contributed by atoms with van der Waals surface area (Å²) < 4.78 is 5.44. The number of hydrogen-bond acceptors (Lipinski definition) is 6. The minimum atomic E-state index is -1.80. The lowest BCUT2D eigenvalue weighted by Gasteiger charge is -2.33. The number of fused-ring (bicyclic) bond motifs is 1. The molecule has 1 saturated heterocycles. The molecule has 4 atom stereocenters. The molecule has 4 N–H and O–H groups in total. The molecule has 0 saturated carbocycles. The molecule has 0 aliphatic carbocycles. The van der Waals surface area contributed by atoms with E-state index in [0.29, 0.717) is 10.6 Å². The van der Waals surface area contributed by atoms with Gasteiger partial charge in [0, 0.05) is 17.1 Å². The third-order valence-electron chi connectivity index (χ3n) is 5.33. The number of benzene rings is 1. The second-order valence-corrected chi connectivity index (χ2v) is 7.95. The summed E-state index contributed by atoms with van der Waals surface area (Å²) in [6.45, 7) is 3.33. The van der Waals surface area contributed by atoms with Crippen LogP contribution in [0.2, 0.25) is 5.02 Å². The van der Waals surface area contributed by atoms with Crippen LogP contribution >= 0.6 is 11.6 Å². The first-order chi connectivity index (χ1) is 14.1. The van der Waals surface area contributed by atoms with E-state index in [4.69, 9.17) is 27.8 Å². The molecule has 156 valence electrons. The minimum Gasteiger partial charge on any atom is -0.462 e. The van der Waals surface area contributed by atoms with Gasteiger partial charge in [-0.15, -0.1) is 0 Å². The molecule has 0 radical (unpaired) electrons. The fraction of sp³-hybridized carbons (Fsp3) is 0.333. The van der Waals surface area contributed by atoms with E-state index in [1.54, 1.807) is 38.1 Å². The van der Waals surface area contributed by atoms with Crippen molar-refractivity contribution in [2.75, 3.05) is 0 Å². The highest BCUT2D eigenvalue weighted by atomic mass is 35.5. The average molecular weight is 429 g/mol. The molecule has 30 heavy (non-hydrogen) atoms. The van der Waals surface area contributed by atoms with Gasteiger partial charge in [0.25, 0.3) is 0 Å². The van der Waals surface area contributed by atoms with Gasteiger partial charge in [-0.25, -0.2) is 0 Å². The van der Waals surface area contributed by atoms with Crippen LogP contribution in [0.3, 0.4) is 0 Å². The Balaban J connectivity index is 2.28. The van der Waals surface area contributed by atoms with Crippen molar-refractivity contribution < 1.29 is 19.1 Å². The van der Waals surface area contributed by atoms with Crippen molar-refractivity contribution in [3.05, 3.63) is 58.8 Å². The van der Waals surface area contributed by atoms with E-state index in [1.807, 2.05) is 0 Å². The lowest BCUT2D eigenvalue weighted by atomic mass is 9.68.